The number of amides is 2. The van der Waals surface area contributed by atoms with Crippen molar-refractivity contribution in [3.63, 3.8) is 0 Å². The fourth-order valence-electron chi connectivity index (χ4n) is 2.49. The van der Waals surface area contributed by atoms with Crippen LogP contribution in [0.25, 0.3) is 0 Å². The molecule has 4 nitrogen and oxygen atoms in total. The van der Waals surface area contributed by atoms with E-state index in [-0.39, 0.29) is 17.6 Å². The highest BCUT2D eigenvalue weighted by molar-refractivity contribution is 5.90. The fourth-order valence-corrected chi connectivity index (χ4v) is 2.49. The van der Waals surface area contributed by atoms with Crippen molar-refractivity contribution in [1.29, 1.82) is 5.26 Å². The molecular weight excluding hydrogens is 257 g/mol. The van der Waals surface area contributed by atoms with Crippen LogP contribution in [0.2, 0.25) is 0 Å². The van der Waals surface area contributed by atoms with Crippen LogP contribution in [-0.4, -0.2) is 12.1 Å². The largest absolute Gasteiger partial charge is 0.335 e. The summed E-state index contributed by atoms with van der Waals surface area (Å²) in [4.78, 5) is 11.9. The van der Waals surface area contributed by atoms with Gasteiger partial charge in [0, 0.05) is 6.04 Å². The minimum Gasteiger partial charge on any atom is -0.335 e. The molecule has 2 amide bonds. The second-order valence-corrected chi connectivity index (χ2v) is 5.09. The number of carbonyl (C=O) groups excluding carboxylic acids is 1. The molecule has 0 bridgehead atoms. The zero-order valence-corrected chi connectivity index (χ0v) is 11.3. The highest BCUT2D eigenvalue weighted by atomic mass is 19.1. The van der Waals surface area contributed by atoms with Crippen molar-refractivity contribution < 1.29 is 9.18 Å². The van der Waals surface area contributed by atoms with Crippen LogP contribution in [0.4, 0.5) is 14.9 Å². The summed E-state index contributed by atoms with van der Waals surface area (Å²) in [6, 6.07) is 5.46. The molecule has 1 aliphatic carbocycles. The monoisotopic (exact) mass is 275 g/mol. The standard InChI is InChI=1S/C15H18FN3O/c16-12-7-8-14(11(9-12)10-17)19-15(20)18-13-5-3-1-2-4-6-13/h7-9,13H,1-6H2,(H2,18,19,20). The molecule has 1 aromatic rings. The molecule has 0 spiro atoms. The zero-order valence-electron chi connectivity index (χ0n) is 11.3. The van der Waals surface area contributed by atoms with E-state index in [0.29, 0.717) is 5.69 Å². The predicted octanol–water partition coefficient (Wildman–Crippen LogP) is 3.54. The molecule has 2 N–H and O–H groups in total. The number of halogens is 1. The van der Waals surface area contributed by atoms with Crippen LogP contribution in [0.3, 0.4) is 0 Å². The lowest BCUT2D eigenvalue weighted by molar-refractivity contribution is 0.247. The Hall–Kier alpha value is -2.09. The van der Waals surface area contributed by atoms with Gasteiger partial charge in [0.05, 0.1) is 11.3 Å². The molecule has 106 valence electrons. The van der Waals surface area contributed by atoms with Crippen molar-refractivity contribution in [2.75, 3.05) is 5.32 Å². The van der Waals surface area contributed by atoms with E-state index in [1.165, 1.54) is 25.0 Å². The molecule has 0 unspecified atom stereocenters. The Bertz CT molecular complexity index is 516. The van der Waals surface area contributed by atoms with Crippen molar-refractivity contribution in [2.24, 2.45) is 0 Å². The van der Waals surface area contributed by atoms with Crippen molar-refractivity contribution >= 4 is 11.7 Å². The van der Waals surface area contributed by atoms with Gasteiger partial charge in [-0.05, 0) is 31.0 Å². The molecule has 0 aromatic heterocycles. The number of urea groups is 1. The summed E-state index contributed by atoms with van der Waals surface area (Å²) in [5.41, 5.74) is 0.459. The Morgan fingerprint density at radius 2 is 1.95 bits per heavy atom. The summed E-state index contributed by atoms with van der Waals surface area (Å²) in [7, 11) is 0. The number of carbonyl (C=O) groups is 1. The van der Waals surface area contributed by atoms with E-state index in [9.17, 15) is 9.18 Å². The third-order valence-corrected chi connectivity index (χ3v) is 3.54. The topological polar surface area (TPSA) is 64.9 Å². The van der Waals surface area contributed by atoms with E-state index in [1.54, 1.807) is 0 Å². The Labute approximate surface area is 118 Å². The number of hydrogen-bond donors (Lipinski definition) is 2. The van der Waals surface area contributed by atoms with E-state index < -0.39 is 5.82 Å². The first-order valence-electron chi connectivity index (χ1n) is 6.96. The highest BCUT2D eigenvalue weighted by Crippen LogP contribution is 2.18. The SMILES string of the molecule is N#Cc1cc(F)ccc1NC(=O)NC1CCCCCC1. The fraction of sp³-hybridized carbons (Fsp3) is 0.467. The van der Waals surface area contributed by atoms with Gasteiger partial charge in [-0.2, -0.15) is 5.26 Å². The van der Waals surface area contributed by atoms with Gasteiger partial charge in [0.25, 0.3) is 0 Å². The van der Waals surface area contributed by atoms with Gasteiger partial charge in [-0.25, -0.2) is 9.18 Å². The maximum atomic E-state index is 13.0. The van der Waals surface area contributed by atoms with Crippen LogP contribution >= 0.6 is 0 Å². The lowest BCUT2D eigenvalue weighted by Crippen LogP contribution is -2.37. The smallest absolute Gasteiger partial charge is 0.319 e. The minimum atomic E-state index is -0.490. The molecule has 0 saturated heterocycles. The molecule has 5 heteroatoms. The third-order valence-electron chi connectivity index (χ3n) is 3.54. The Morgan fingerprint density at radius 1 is 1.25 bits per heavy atom. The number of rotatable bonds is 2. The summed E-state index contributed by atoms with van der Waals surface area (Å²) in [5.74, 6) is -0.490. The van der Waals surface area contributed by atoms with E-state index in [4.69, 9.17) is 5.26 Å². The molecule has 1 saturated carbocycles. The first-order chi connectivity index (χ1) is 9.69. The molecule has 0 aliphatic heterocycles. The molecule has 1 aliphatic rings. The van der Waals surface area contributed by atoms with Crippen molar-refractivity contribution in [3.8, 4) is 6.07 Å². The number of nitrogens with zero attached hydrogens (tertiary/aromatic N) is 1. The van der Waals surface area contributed by atoms with Gasteiger partial charge in [0.15, 0.2) is 0 Å². The summed E-state index contributed by atoms with van der Waals surface area (Å²) < 4.78 is 13.0. The maximum Gasteiger partial charge on any atom is 0.319 e. The van der Waals surface area contributed by atoms with Gasteiger partial charge in [-0.3, -0.25) is 0 Å². The Morgan fingerprint density at radius 3 is 2.60 bits per heavy atom. The van der Waals surface area contributed by atoms with Gasteiger partial charge in [0.1, 0.15) is 11.9 Å². The quantitative estimate of drug-likeness (QED) is 0.811. The van der Waals surface area contributed by atoms with Crippen LogP contribution in [0.1, 0.15) is 44.1 Å². The summed E-state index contributed by atoms with van der Waals surface area (Å²) in [6.45, 7) is 0. The molecule has 1 aromatic carbocycles. The van der Waals surface area contributed by atoms with Gasteiger partial charge < -0.3 is 10.6 Å². The summed E-state index contributed by atoms with van der Waals surface area (Å²) in [5, 5.41) is 14.5. The lowest BCUT2D eigenvalue weighted by Gasteiger charge is -2.17. The van der Waals surface area contributed by atoms with Crippen LogP contribution in [0, 0.1) is 17.1 Å². The number of nitriles is 1. The maximum absolute atomic E-state index is 13.0. The van der Waals surface area contributed by atoms with Gasteiger partial charge in [-0.15, -0.1) is 0 Å². The second-order valence-electron chi connectivity index (χ2n) is 5.09. The minimum absolute atomic E-state index is 0.126. The lowest BCUT2D eigenvalue weighted by atomic mass is 10.1. The van der Waals surface area contributed by atoms with Crippen LogP contribution in [0.5, 0.6) is 0 Å². The Kier molecular flexibility index (Phi) is 4.94. The Balaban J connectivity index is 1.95. The summed E-state index contributed by atoms with van der Waals surface area (Å²) >= 11 is 0. The van der Waals surface area contributed by atoms with E-state index >= 15 is 0 Å². The number of hydrogen-bond acceptors (Lipinski definition) is 2. The van der Waals surface area contributed by atoms with Crippen LogP contribution < -0.4 is 10.6 Å². The molecule has 0 heterocycles. The van der Waals surface area contributed by atoms with Crippen LogP contribution in [-0.2, 0) is 0 Å². The molecule has 2 rings (SSSR count). The van der Waals surface area contributed by atoms with E-state index in [0.717, 1.165) is 31.7 Å². The normalized spacial score (nSPS) is 16.0. The average molecular weight is 275 g/mol. The van der Waals surface area contributed by atoms with Crippen molar-refractivity contribution in [2.45, 2.75) is 44.6 Å². The average Bonchev–Trinajstić information content (AvgIpc) is 2.69. The molecule has 0 radical (unpaired) electrons. The number of nitrogens with one attached hydrogen (secondary N) is 2. The van der Waals surface area contributed by atoms with E-state index in [1.807, 2.05) is 6.07 Å². The second kappa shape index (κ2) is 6.90. The number of anilines is 1. The van der Waals surface area contributed by atoms with Crippen molar-refractivity contribution in [3.05, 3.63) is 29.6 Å². The molecular formula is C15H18FN3O. The summed E-state index contributed by atoms with van der Waals surface area (Å²) in [6.07, 6.45) is 6.67. The van der Waals surface area contributed by atoms with E-state index in [2.05, 4.69) is 10.6 Å². The zero-order chi connectivity index (χ0) is 14.4. The van der Waals surface area contributed by atoms with Gasteiger partial charge in [0.2, 0.25) is 0 Å². The molecule has 0 atom stereocenters. The molecule has 20 heavy (non-hydrogen) atoms. The third kappa shape index (κ3) is 3.95. The predicted molar refractivity (Wildman–Crippen MR) is 74.8 cm³/mol. The first kappa shape index (κ1) is 14.3. The van der Waals surface area contributed by atoms with Gasteiger partial charge in [-0.1, -0.05) is 25.7 Å². The highest BCUT2D eigenvalue weighted by Gasteiger charge is 2.15. The van der Waals surface area contributed by atoms with Crippen molar-refractivity contribution in [1.82, 2.24) is 5.32 Å². The van der Waals surface area contributed by atoms with Gasteiger partial charge >= 0.3 is 6.03 Å². The number of benzene rings is 1. The van der Waals surface area contributed by atoms with Crippen LogP contribution in [0.15, 0.2) is 18.2 Å². The molecule has 1 fully saturated rings. The first-order valence-corrected chi connectivity index (χ1v) is 6.96.